The molecule has 0 atom stereocenters. The molecular formula is C29H15N3O11. The van der Waals surface area contributed by atoms with E-state index >= 15 is 0 Å². The van der Waals surface area contributed by atoms with Crippen molar-refractivity contribution in [3.8, 4) is 35.3 Å². The minimum absolute atomic E-state index is 0.0579. The monoisotopic (exact) mass is 581 g/mol. The Morgan fingerprint density at radius 1 is 0.558 bits per heavy atom. The number of carbonyl (C=O) groups is 2. The third-order valence-corrected chi connectivity index (χ3v) is 5.82. The van der Waals surface area contributed by atoms with Crippen LogP contribution in [0, 0.1) is 0 Å². The largest absolute Gasteiger partial charge is 0.477 e. The van der Waals surface area contributed by atoms with Gasteiger partial charge in [-0.2, -0.15) is 0 Å². The Labute approximate surface area is 238 Å². The molecule has 0 radical (unpaired) electrons. The van der Waals surface area contributed by atoms with Crippen molar-refractivity contribution in [2.24, 2.45) is 0 Å². The Kier molecular flexibility index (Phi) is 6.68. The van der Waals surface area contributed by atoms with Crippen LogP contribution in [0.5, 0.6) is 35.3 Å². The summed E-state index contributed by atoms with van der Waals surface area (Å²) in [5.41, 5.74) is -2.98. The lowest BCUT2D eigenvalue weighted by Crippen LogP contribution is -2.12. The van der Waals surface area contributed by atoms with Crippen LogP contribution in [0.4, 0.5) is 0 Å². The van der Waals surface area contributed by atoms with Crippen LogP contribution in [0.15, 0.2) is 97.3 Å². The number of para-hydroxylation sites is 1. The first-order valence-corrected chi connectivity index (χ1v) is 12.2. The van der Waals surface area contributed by atoms with Crippen LogP contribution in [0.25, 0.3) is 21.9 Å². The first-order chi connectivity index (χ1) is 20.7. The van der Waals surface area contributed by atoms with E-state index in [4.69, 9.17) is 33.3 Å². The van der Waals surface area contributed by atoms with Crippen LogP contribution < -0.4 is 25.5 Å². The van der Waals surface area contributed by atoms with Gasteiger partial charge in [0.25, 0.3) is 0 Å². The van der Waals surface area contributed by atoms with Gasteiger partial charge >= 0.3 is 41.2 Å². The Hall–Kier alpha value is -6.57. The predicted octanol–water partition coefficient (Wildman–Crippen LogP) is 4.86. The molecule has 0 spiro atoms. The summed E-state index contributed by atoms with van der Waals surface area (Å²) < 4.78 is 27.5. The van der Waals surface area contributed by atoms with Crippen molar-refractivity contribution < 1.29 is 42.8 Å². The Balaban J connectivity index is 1.35. The molecule has 2 N–H and O–H groups in total. The molecule has 212 valence electrons. The summed E-state index contributed by atoms with van der Waals surface area (Å²) in [5.74, 6) is -2.18. The van der Waals surface area contributed by atoms with Crippen molar-refractivity contribution in [2.75, 3.05) is 0 Å². The number of aromatic carboxylic acids is 2. The second-order valence-corrected chi connectivity index (χ2v) is 8.71. The molecule has 0 unspecified atom stereocenters. The lowest BCUT2D eigenvalue weighted by molar-refractivity contribution is 0.0681. The van der Waals surface area contributed by atoms with E-state index in [-0.39, 0.29) is 40.7 Å². The molecule has 0 saturated carbocycles. The molecule has 6 aromatic rings. The summed E-state index contributed by atoms with van der Waals surface area (Å²) in [6, 6.07) is 18.8. The number of benzene rings is 3. The predicted molar refractivity (Wildman–Crippen MR) is 145 cm³/mol. The summed E-state index contributed by atoms with van der Waals surface area (Å²) in [7, 11) is 0. The molecule has 0 aliphatic heterocycles. The van der Waals surface area contributed by atoms with E-state index in [2.05, 4.69) is 15.0 Å². The van der Waals surface area contributed by atoms with Gasteiger partial charge in [-0.1, -0.05) is 18.2 Å². The van der Waals surface area contributed by atoms with Gasteiger partial charge in [-0.25, -0.2) is 19.2 Å². The average molecular weight is 581 g/mol. The van der Waals surface area contributed by atoms with Gasteiger partial charge in [0.2, 0.25) is 0 Å². The highest BCUT2D eigenvalue weighted by atomic mass is 16.5. The van der Waals surface area contributed by atoms with Gasteiger partial charge < -0.3 is 33.3 Å². The summed E-state index contributed by atoms with van der Waals surface area (Å²) in [4.78, 5) is 59.0. The Bertz CT molecular complexity index is 2040. The molecular weight excluding hydrogens is 566 g/mol. The Morgan fingerprint density at radius 3 is 1.40 bits per heavy atom. The quantitative estimate of drug-likeness (QED) is 0.231. The van der Waals surface area contributed by atoms with Gasteiger partial charge in [0.05, 0.1) is 0 Å². The van der Waals surface area contributed by atoms with Crippen LogP contribution in [0.3, 0.4) is 0 Å². The fourth-order valence-corrected chi connectivity index (χ4v) is 3.87. The van der Waals surface area contributed by atoms with Gasteiger partial charge in [0.1, 0.15) is 39.5 Å². The summed E-state index contributed by atoms with van der Waals surface area (Å²) >= 11 is 0. The lowest BCUT2D eigenvalue weighted by Gasteiger charge is -2.10. The number of ether oxygens (including phenoxy) is 3. The SMILES string of the molecule is O=C(O)c1cc2ccc(Oc3nc(Oc4ccccc4)nc(Oc4ccc5cc(C(=O)O)c(=O)oc5c4)n3)cc2oc1=O. The zero-order valence-corrected chi connectivity index (χ0v) is 21.4. The third kappa shape index (κ3) is 5.69. The zero-order chi connectivity index (χ0) is 30.1. The first kappa shape index (κ1) is 26.6. The highest BCUT2D eigenvalue weighted by molar-refractivity contribution is 5.92. The summed E-state index contributed by atoms with van der Waals surface area (Å²) in [5, 5.41) is 19.0. The maximum Gasteiger partial charge on any atom is 0.351 e. The van der Waals surface area contributed by atoms with E-state index in [1.165, 1.54) is 48.5 Å². The molecule has 0 aliphatic rings. The van der Waals surface area contributed by atoms with Crippen LogP contribution in [0.2, 0.25) is 0 Å². The van der Waals surface area contributed by atoms with Gasteiger partial charge in [-0.15, -0.1) is 15.0 Å². The Morgan fingerprint density at radius 2 is 0.977 bits per heavy atom. The first-order valence-electron chi connectivity index (χ1n) is 12.2. The molecule has 0 fully saturated rings. The molecule has 0 aliphatic carbocycles. The highest BCUT2D eigenvalue weighted by Crippen LogP contribution is 2.29. The van der Waals surface area contributed by atoms with E-state index in [1.54, 1.807) is 30.3 Å². The molecule has 3 aromatic carbocycles. The normalized spacial score (nSPS) is 10.9. The topological polar surface area (TPSA) is 201 Å². The number of rotatable bonds is 8. The average Bonchev–Trinajstić information content (AvgIpc) is 2.96. The molecule has 0 saturated heterocycles. The number of carboxylic acid groups (broad SMARTS) is 2. The number of carboxylic acids is 2. The minimum atomic E-state index is -1.42. The van der Waals surface area contributed by atoms with E-state index in [0.717, 1.165) is 0 Å². The fourth-order valence-electron chi connectivity index (χ4n) is 3.87. The van der Waals surface area contributed by atoms with Crippen molar-refractivity contribution in [2.45, 2.75) is 0 Å². The highest BCUT2D eigenvalue weighted by Gasteiger charge is 2.17. The van der Waals surface area contributed by atoms with Crippen molar-refractivity contribution >= 4 is 33.9 Å². The lowest BCUT2D eigenvalue weighted by atomic mass is 10.2. The van der Waals surface area contributed by atoms with Crippen LogP contribution in [-0.4, -0.2) is 37.1 Å². The van der Waals surface area contributed by atoms with Gasteiger partial charge in [0.15, 0.2) is 0 Å². The molecule has 14 heteroatoms. The maximum absolute atomic E-state index is 12.0. The van der Waals surface area contributed by atoms with E-state index in [0.29, 0.717) is 16.5 Å². The fraction of sp³-hybridized carbons (Fsp3) is 0. The molecule has 14 nitrogen and oxygen atoms in total. The number of hydrogen-bond acceptors (Lipinski definition) is 12. The van der Waals surface area contributed by atoms with E-state index in [9.17, 15) is 19.2 Å². The third-order valence-electron chi connectivity index (χ3n) is 5.82. The van der Waals surface area contributed by atoms with Gasteiger partial charge in [0, 0.05) is 22.9 Å². The van der Waals surface area contributed by atoms with Gasteiger partial charge in [-0.05, 0) is 48.5 Å². The number of hydrogen-bond donors (Lipinski definition) is 2. The number of nitrogens with zero attached hydrogens (tertiary/aromatic N) is 3. The van der Waals surface area contributed by atoms with E-state index in [1.807, 2.05) is 0 Å². The van der Waals surface area contributed by atoms with Crippen molar-refractivity contribution in [1.29, 1.82) is 0 Å². The van der Waals surface area contributed by atoms with Crippen LogP contribution >= 0.6 is 0 Å². The second kappa shape index (κ2) is 10.8. The summed E-state index contributed by atoms with van der Waals surface area (Å²) in [6.07, 6.45) is 0. The van der Waals surface area contributed by atoms with Crippen LogP contribution in [0.1, 0.15) is 20.7 Å². The minimum Gasteiger partial charge on any atom is -0.477 e. The molecule has 3 heterocycles. The maximum atomic E-state index is 12.0. The second-order valence-electron chi connectivity index (χ2n) is 8.71. The standard InChI is InChI=1S/C29H15N3O11/c33-23(34)19-10-14-6-8-17(12-21(14)42-25(19)37)40-28-30-27(39-16-4-2-1-3-5-16)31-29(32-28)41-18-9-7-15-11-20(24(35)36)26(38)43-22(15)13-18/h1-13H,(H,33,34)(H,35,36). The van der Waals surface area contributed by atoms with Crippen molar-refractivity contribution in [1.82, 2.24) is 15.0 Å². The van der Waals surface area contributed by atoms with Gasteiger partial charge in [-0.3, -0.25) is 0 Å². The number of fused-ring (bicyclic) bond motifs is 2. The van der Waals surface area contributed by atoms with E-state index < -0.39 is 34.3 Å². The molecule has 6 rings (SSSR count). The zero-order valence-electron chi connectivity index (χ0n) is 21.4. The summed E-state index contributed by atoms with van der Waals surface area (Å²) in [6.45, 7) is 0. The molecule has 0 bridgehead atoms. The smallest absolute Gasteiger partial charge is 0.351 e. The number of aromatic nitrogens is 3. The molecule has 43 heavy (non-hydrogen) atoms. The molecule has 0 amide bonds. The van der Waals surface area contributed by atoms with Crippen molar-refractivity contribution in [3.05, 3.63) is 111 Å². The van der Waals surface area contributed by atoms with Crippen LogP contribution in [-0.2, 0) is 0 Å². The molecule has 3 aromatic heterocycles. The van der Waals surface area contributed by atoms with Crippen molar-refractivity contribution in [3.63, 3.8) is 0 Å².